The number of nitrogens with one attached hydrogen (secondary N) is 1. The molecule has 0 aliphatic rings. The third kappa shape index (κ3) is 5.78. The summed E-state index contributed by atoms with van der Waals surface area (Å²) in [5, 5.41) is 11.9. The van der Waals surface area contributed by atoms with Gasteiger partial charge in [-0.15, -0.1) is 6.58 Å². The summed E-state index contributed by atoms with van der Waals surface area (Å²) in [6.45, 7) is 4.81. The molecule has 1 aromatic carbocycles. The fourth-order valence-corrected chi connectivity index (χ4v) is 3.38. The van der Waals surface area contributed by atoms with Crippen LogP contribution in [0.2, 0.25) is 0 Å². The van der Waals surface area contributed by atoms with E-state index in [1.54, 1.807) is 23.9 Å². The Morgan fingerprint density at radius 1 is 1.40 bits per heavy atom. The summed E-state index contributed by atoms with van der Waals surface area (Å²) >= 11 is 1.75. The molecule has 0 spiro atoms. The SMILES string of the molecule is C=CCSCCNCCS(=O)(=O)c1cccc(C#N)c1. The maximum atomic E-state index is 12.1. The van der Waals surface area contributed by atoms with Crippen molar-refractivity contribution in [2.45, 2.75) is 4.90 Å². The second kappa shape index (κ2) is 8.80. The average Bonchev–Trinajstić information content (AvgIpc) is 2.46. The van der Waals surface area contributed by atoms with E-state index in [4.69, 9.17) is 5.26 Å². The highest BCUT2D eigenvalue weighted by Crippen LogP contribution is 2.12. The van der Waals surface area contributed by atoms with Crippen molar-refractivity contribution in [3.63, 3.8) is 0 Å². The van der Waals surface area contributed by atoms with Crippen molar-refractivity contribution in [2.75, 3.05) is 30.3 Å². The van der Waals surface area contributed by atoms with Gasteiger partial charge in [0.2, 0.25) is 0 Å². The minimum absolute atomic E-state index is 0.0357. The maximum absolute atomic E-state index is 12.1. The number of hydrogen-bond acceptors (Lipinski definition) is 5. The Morgan fingerprint density at radius 2 is 2.20 bits per heavy atom. The highest BCUT2D eigenvalue weighted by atomic mass is 32.2. The van der Waals surface area contributed by atoms with Gasteiger partial charge >= 0.3 is 0 Å². The second-order valence-electron chi connectivity index (χ2n) is 4.07. The third-order valence-corrected chi connectivity index (χ3v) is 5.21. The zero-order valence-corrected chi connectivity index (χ0v) is 12.8. The number of nitriles is 1. The molecule has 0 bridgehead atoms. The van der Waals surface area contributed by atoms with Crippen molar-refractivity contribution in [2.24, 2.45) is 0 Å². The number of nitrogens with zero attached hydrogens (tertiary/aromatic N) is 1. The predicted octanol–water partition coefficient (Wildman–Crippen LogP) is 1.84. The van der Waals surface area contributed by atoms with Gasteiger partial charge in [-0.05, 0) is 18.2 Å². The molecular formula is C14H18N2O2S2. The molecule has 1 N–H and O–H groups in total. The molecule has 0 aliphatic heterocycles. The molecule has 0 amide bonds. The van der Waals surface area contributed by atoms with Crippen LogP contribution in [-0.2, 0) is 9.84 Å². The molecule has 4 nitrogen and oxygen atoms in total. The van der Waals surface area contributed by atoms with E-state index in [0.717, 1.165) is 18.1 Å². The van der Waals surface area contributed by atoms with Crippen LogP contribution in [0, 0.1) is 11.3 Å². The molecule has 0 saturated heterocycles. The largest absolute Gasteiger partial charge is 0.315 e. The van der Waals surface area contributed by atoms with Crippen LogP contribution in [0.15, 0.2) is 41.8 Å². The molecular weight excluding hydrogens is 292 g/mol. The molecule has 0 unspecified atom stereocenters. The Kier molecular flexibility index (Phi) is 7.37. The van der Waals surface area contributed by atoms with Crippen molar-refractivity contribution in [1.29, 1.82) is 5.26 Å². The monoisotopic (exact) mass is 310 g/mol. The van der Waals surface area contributed by atoms with E-state index < -0.39 is 9.84 Å². The van der Waals surface area contributed by atoms with Crippen LogP contribution in [-0.4, -0.2) is 38.8 Å². The zero-order valence-electron chi connectivity index (χ0n) is 11.2. The summed E-state index contributed by atoms with van der Waals surface area (Å²) in [4.78, 5) is 0.208. The van der Waals surface area contributed by atoms with Crippen molar-refractivity contribution < 1.29 is 8.42 Å². The molecule has 0 aliphatic carbocycles. The second-order valence-corrected chi connectivity index (χ2v) is 7.33. The van der Waals surface area contributed by atoms with Gasteiger partial charge in [-0.2, -0.15) is 17.0 Å². The normalized spacial score (nSPS) is 10.9. The molecule has 1 aromatic rings. The predicted molar refractivity (Wildman–Crippen MR) is 83.6 cm³/mol. The lowest BCUT2D eigenvalue weighted by Crippen LogP contribution is -2.25. The smallest absolute Gasteiger partial charge is 0.179 e. The van der Waals surface area contributed by atoms with Crippen molar-refractivity contribution in [3.05, 3.63) is 42.5 Å². The van der Waals surface area contributed by atoms with Crippen LogP contribution in [0.1, 0.15) is 5.56 Å². The first-order valence-electron chi connectivity index (χ1n) is 6.22. The molecule has 0 radical (unpaired) electrons. The van der Waals surface area contributed by atoms with Crippen LogP contribution in [0.25, 0.3) is 0 Å². The van der Waals surface area contributed by atoms with Crippen LogP contribution in [0.3, 0.4) is 0 Å². The number of benzene rings is 1. The van der Waals surface area contributed by atoms with E-state index in [1.165, 1.54) is 12.1 Å². The summed E-state index contributed by atoms with van der Waals surface area (Å²) in [6.07, 6.45) is 1.84. The Balaban J connectivity index is 2.42. The van der Waals surface area contributed by atoms with E-state index in [0.29, 0.717) is 12.1 Å². The van der Waals surface area contributed by atoms with Gasteiger partial charge in [0.25, 0.3) is 0 Å². The summed E-state index contributed by atoms with van der Waals surface area (Å²) in [6, 6.07) is 8.06. The number of thioether (sulfide) groups is 1. The van der Waals surface area contributed by atoms with Gasteiger partial charge in [0.1, 0.15) is 0 Å². The number of hydrogen-bond donors (Lipinski definition) is 1. The Labute approximate surface area is 124 Å². The molecule has 6 heteroatoms. The molecule has 0 heterocycles. The fourth-order valence-electron chi connectivity index (χ4n) is 1.52. The number of rotatable bonds is 9. The van der Waals surface area contributed by atoms with Crippen LogP contribution < -0.4 is 5.32 Å². The molecule has 0 aromatic heterocycles. The van der Waals surface area contributed by atoms with Gasteiger partial charge in [0.05, 0.1) is 22.3 Å². The highest BCUT2D eigenvalue weighted by Gasteiger charge is 2.14. The molecule has 0 atom stereocenters. The summed E-state index contributed by atoms with van der Waals surface area (Å²) in [5.74, 6) is 1.87. The van der Waals surface area contributed by atoms with E-state index >= 15 is 0 Å². The minimum atomic E-state index is -3.33. The van der Waals surface area contributed by atoms with Gasteiger partial charge in [0, 0.05) is 24.6 Å². The van der Waals surface area contributed by atoms with E-state index in [-0.39, 0.29) is 10.6 Å². The third-order valence-electron chi connectivity index (χ3n) is 2.53. The van der Waals surface area contributed by atoms with Crippen LogP contribution in [0.4, 0.5) is 0 Å². The topological polar surface area (TPSA) is 70.0 Å². The van der Waals surface area contributed by atoms with Crippen molar-refractivity contribution in [3.8, 4) is 6.07 Å². The summed E-state index contributed by atoms with van der Waals surface area (Å²) < 4.78 is 24.1. The van der Waals surface area contributed by atoms with E-state index in [9.17, 15) is 8.42 Å². The Hall–Kier alpha value is -1.29. The first-order valence-corrected chi connectivity index (χ1v) is 9.03. The van der Waals surface area contributed by atoms with Crippen molar-refractivity contribution in [1.82, 2.24) is 5.32 Å². The lowest BCUT2D eigenvalue weighted by atomic mass is 10.2. The van der Waals surface area contributed by atoms with Gasteiger partial charge in [-0.3, -0.25) is 0 Å². The molecule has 1 rings (SSSR count). The van der Waals surface area contributed by atoms with Crippen molar-refractivity contribution >= 4 is 21.6 Å². The number of sulfone groups is 1. The lowest BCUT2D eigenvalue weighted by Gasteiger charge is -2.06. The Morgan fingerprint density at radius 3 is 2.90 bits per heavy atom. The van der Waals surface area contributed by atoms with Gasteiger partial charge in [-0.1, -0.05) is 12.1 Å². The standard InChI is InChI=1S/C14H18N2O2S2/c1-2-8-19-9-6-16-7-10-20(17,18)14-5-3-4-13(11-14)12-15/h2-5,11,16H,1,6-10H2. The van der Waals surface area contributed by atoms with Crippen LogP contribution in [0.5, 0.6) is 0 Å². The fraction of sp³-hybridized carbons (Fsp3) is 0.357. The first kappa shape index (κ1) is 16.8. The Bertz CT molecular complexity index is 577. The van der Waals surface area contributed by atoms with Gasteiger partial charge in [0.15, 0.2) is 9.84 Å². The van der Waals surface area contributed by atoms with Gasteiger partial charge < -0.3 is 5.32 Å². The minimum Gasteiger partial charge on any atom is -0.315 e. The maximum Gasteiger partial charge on any atom is 0.179 e. The summed E-state index contributed by atoms with van der Waals surface area (Å²) in [7, 11) is -3.33. The zero-order chi connectivity index (χ0) is 14.8. The highest BCUT2D eigenvalue weighted by molar-refractivity contribution is 7.99. The summed E-state index contributed by atoms with van der Waals surface area (Å²) in [5.41, 5.74) is 0.361. The van der Waals surface area contributed by atoms with Gasteiger partial charge in [-0.25, -0.2) is 8.42 Å². The van der Waals surface area contributed by atoms with Crippen LogP contribution >= 0.6 is 11.8 Å². The average molecular weight is 310 g/mol. The molecule has 108 valence electrons. The lowest BCUT2D eigenvalue weighted by molar-refractivity contribution is 0.592. The first-order chi connectivity index (χ1) is 9.60. The van der Waals surface area contributed by atoms with E-state index in [1.807, 2.05) is 12.1 Å². The quantitative estimate of drug-likeness (QED) is 0.557. The molecule has 20 heavy (non-hydrogen) atoms. The van der Waals surface area contributed by atoms with E-state index in [2.05, 4.69) is 11.9 Å². The molecule has 0 fully saturated rings. The molecule has 0 saturated carbocycles.